The van der Waals surface area contributed by atoms with Gasteiger partial charge < -0.3 is 9.64 Å². The van der Waals surface area contributed by atoms with Gasteiger partial charge in [-0.15, -0.1) is 6.58 Å². The predicted octanol–water partition coefficient (Wildman–Crippen LogP) is 6.21. The highest BCUT2D eigenvalue weighted by Crippen LogP contribution is 2.50. The number of likely N-dealkylation sites (tertiary alicyclic amines) is 1. The van der Waals surface area contributed by atoms with E-state index < -0.39 is 15.6 Å². The van der Waals surface area contributed by atoms with E-state index in [1.165, 1.54) is 4.31 Å². The van der Waals surface area contributed by atoms with Gasteiger partial charge in [-0.1, -0.05) is 60.5 Å². The number of hydrogen-bond acceptors (Lipinski definition) is 4. The van der Waals surface area contributed by atoms with E-state index in [0.29, 0.717) is 42.1 Å². The maximum atomic E-state index is 14.5. The van der Waals surface area contributed by atoms with E-state index >= 15 is 0 Å². The zero-order valence-corrected chi connectivity index (χ0v) is 24.5. The first-order valence-corrected chi connectivity index (χ1v) is 15.3. The lowest BCUT2D eigenvalue weighted by Crippen LogP contribution is -2.62. The molecule has 4 rings (SSSR count). The lowest BCUT2D eigenvalue weighted by atomic mass is 9.72. The molecule has 9 heteroatoms. The summed E-state index contributed by atoms with van der Waals surface area (Å²) in [6, 6.07) is 14.4. The van der Waals surface area contributed by atoms with E-state index in [0.717, 1.165) is 11.1 Å². The van der Waals surface area contributed by atoms with Gasteiger partial charge in [0.2, 0.25) is 10.0 Å². The van der Waals surface area contributed by atoms with Crippen LogP contribution in [0.4, 0.5) is 0 Å². The van der Waals surface area contributed by atoms with E-state index in [1.54, 1.807) is 20.2 Å². The summed E-state index contributed by atoms with van der Waals surface area (Å²) >= 11 is 12.7. The Morgan fingerprint density at radius 2 is 1.84 bits per heavy atom. The lowest BCUT2D eigenvalue weighted by Gasteiger charge is -2.52. The third kappa shape index (κ3) is 5.68. The molecule has 1 saturated heterocycles. The van der Waals surface area contributed by atoms with E-state index in [-0.39, 0.29) is 35.7 Å². The van der Waals surface area contributed by atoms with E-state index in [9.17, 15) is 13.2 Å². The van der Waals surface area contributed by atoms with Crippen molar-refractivity contribution in [2.24, 2.45) is 0 Å². The summed E-state index contributed by atoms with van der Waals surface area (Å²) in [5.41, 5.74) is 0.760. The van der Waals surface area contributed by atoms with Crippen LogP contribution in [0.2, 0.25) is 10.0 Å². The fourth-order valence-corrected chi connectivity index (χ4v) is 7.63. The number of piperidine rings is 1. The maximum Gasteiger partial charge on any atom is 0.255 e. The third-order valence-corrected chi connectivity index (χ3v) is 10.7. The first-order chi connectivity index (χ1) is 18.1. The second-order valence-corrected chi connectivity index (χ2v) is 13.5. The number of sulfonamides is 1. The van der Waals surface area contributed by atoms with Crippen LogP contribution in [-0.4, -0.2) is 61.1 Å². The van der Waals surface area contributed by atoms with Crippen molar-refractivity contribution in [1.29, 1.82) is 0 Å². The Bertz CT molecular complexity index is 1270. The number of carbonyl (C=O) groups excluding carboxylic acids is 1. The standard InChI is InChI=1S/C29H36Cl2N2O4S/c1-5-16-29(37-4)18-26(21-8-7-9-23(31)17-21)27(20-10-12-22(30)13-11-20)33(28(29)34)24(6-2)19-32(3)38(35,36)25-14-15-25/h5,7-13,17,24-27H,1,6,14-16,18-19H2,2-4H3/t24-,26+,27+,29+/m0/s1. The van der Waals surface area contributed by atoms with Gasteiger partial charge in [0.1, 0.15) is 0 Å². The average Bonchev–Trinajstić information content (AvgIpc) is 3.75. The molecule has 4 atom stereocenters. The number of carbonyl (C=O) groups is 1. The molecular formula is C29H36Cl2N2O4S. The van der Waals surface area contributed by atoms with Gasteiger partial charge in [0, 0.05) is 49.1 Å². The van der Waals surface area contributed by atoms with Crippen LogP contribution in [0, 0.1) is 0 Å². The Balaban J connectivity index is 1.87. The van der Waals surface area contributed by atoms with Gasteiger partial charge in [-0.3, -0.25) is 4.79 Å². The summed E-state index contributed by atoms with van der Waals surface area (Å²) in [7, 11) is -0.245. The van der Waals surface area contributed by atoms with Crippen LogP contribution >= 0.6 is 23.2 Å². The number of methoxy groups -OCH3 is 1. The van der Waals surface area contributed by atoms with Crippen LogP contribution in [0.3, 0.4) is 0 Å². The topological polar surface area (TPSA) is 66.9 Å². The van der Waals surface area contributed by atoms with Crippen molar-refractivity contribution < 1.29 is 17.9 Å². The number of amides is 1. The molecule has 2 aromatic carbocycles. The van der Waals surface area contributed by atoms with Gasteiger partial charge in [0.15, 0.2) is 5.60 Å². The Morgan fingerprint density at radius 3 is 2.39 bits per heavy atom. The third-order valence-electron chi connectivity index (χ3n) is 7.92. The number of nitrogens with zero attached hydrogens (tertiary/aromatic N) is 2. The normalized spacial score (nSPS) is 25.0. The second kappa shape index (κ2) is 11.7. The minimum Gasteiger partial charge on any atom is -0.368 e. The Hall–Kier alpha value is -1.90. The summed E-state index contributed by atoms with van der Waals surface area (Å²) in [4.78, 5) is 16.3. The van der Waals surface area contributed by atoms with Crippen molar-refractivity contribution in [3.05, 3.63) is 82.4 Å². The molecular weight excluding hydrogens is 543 g/mol. The van der Waals surface area contributed by atoms with Gasteiger partial charge in [-0.2, -0.15) is 0 Å². The van der Waals surface area contributed by atoms with Crippen LogP contribution in [0.25, 0.3) is 0 Å². The van der Waals surface area contributed by atoms with Crippen molar-refractivity contribution in [2.45, 2.75) is 67.9 Å². The molecule has 0 unspecified atom stereocenters. The van der Waals surface area contributed by atoms with Gasteiger partial charge in [0.05, 0.1) is 11.3 Å². The van der Waals surface area contributed by atoms with Crippen molar-refractivity contribution in [3.63, 3.8) is 0 Å². The van der Waals surface area contributed by atoms with Crippen molar-refractivity contribution in [3.8, 4) is 0 Å². The molecule has 1 heterocycles. The molecule has 206 valence electrons. The molecule has 0 spiro atoms. The average molecular weight is 580 g/mol. The zero-order valence-electron chi connectivity index (χ0n) is 22.1. The maximum absolute atomic E-state index is 14.5. The van der Waals surface area contributed by atoms with E-state index in [1.807, 2.05) is 60.4 Å². The van der Waals surface area contributed by atoms with Crippen molar-refractivity contribution in [2.75, 3.05) is 20.7 Å². The fourth-order valence-electron chi connectivity index (χ4n) is 5.69. The molecule has 0 N–H and O–H groups in total. The minimum atomic E-state index is -3.42. The quantitative estimate of drug-likeness (QED) is 0.297. The molecule has 1 aliphatic carbocycles. The molecule has 0 radical (unpaired) electrons. The van der Waals surface area contributed by atoms with Gasteiger partial charge >= 0.3 is 0 Å². The molecule has 0 aromatic heterocycles. The summed E-state index contributed by atoms with van der Waals surface area (Å²) in [5.74, 6) is -0.339. The molecule has 2 aromatic rings. The largest absolute Gasteiger partial charge is 0.368 e. The molecule has 0 bridgehead atoms. The first-order valence-electron chi connectivity index (χ1n) is 13.0. The first kappa shape index (κ1) is 29.1. The monoisotopic (exact) mass is 578 g/mol. The molecule has 1 aliphatic heterocycles. The molecule has 6 nitrogen and oxygen atoms in total. The zero-order chi connectivity index (χ0) is 27.7. The van der Waals surface area contributed by atoms with Crippen LogP contribution in [0.15, 0.2) is 61.2 Å². The highest BCUT2D eigenvalue weighted by molar-refractivity contribution is 7.90. The Kier molecular flexibility index (Phi) is 8.95. The molecule has 1 saturated carbocycles. The van der Waals surface area contributed by atoms with Crippen molar-refractivity contribution in [1.82, 2.24) is 9.21 Å². The number of likely N-dealkylation sites (N-methyl/N-ethyl adjacent to an activating group) is 1. The van der Waals surface area contributed by atoms with Crippen LogP contribution in [0.1, 0.15) is 62.1 Å². The Morgan fingerprint density at radius 1 is 1.16 bits per heavy atom. The van der Waals surface area contributed by atoms with Gasteiger partial charge in [-0.25, -0.2) is 12.7 Å². The SMILES string of the molecule is C=CC[C@@]1(OC)C[C@H](c2cccc(Cl)c2)[C@@H](c2ccc(Cl)cc2)N([C@@H](CC)CN(C)S(=O)(=O)C2CC2)C1=O. The summed E-state index contributed by atoms with van der Waals surface area (Å²) in [5, 5.41) is 0.879. The van der Waals surface area contributed by atoms with Crippen LogP contribution in [-0.2, 0) is 19.6 Å². The summed E-state index contributed by atoms with van der Waals surface area (Å²) in [6.45, 7) is 6.09. The molecule has 38 heavy (non-hydrogen) atoms. The number of benzene rings is 2. The Labute approximate surface area is 236 Å². The smallest absolute Gasteiger partial charge is 0.255 e. The van der Waals surface area contributed by atoms with Gasteiger partial charge in [-0.05, 0) is 61.1 Å². The van der Waals surface area contributed by atoms with Crippen molar-refractivity contribution >= 4 is 39.1 Å². The fraction of sp³-hybridized carbons (Fsp3) is 0.483. The molecule has 1 amide bonds. The summed E-state index contributed by atoms with van der Waals surface area (Å²) < 4.78 is 33.6. The summed E-state index contributed by atoms with van der Waals surface area (Å²) in [6.07, 6.45) is 4.39. The van der Waals surface area contributed by atoms with E-state index in [4.69, 9.17) is 27.9 Å². The lowest BCUT2D eigenvalue weighted by molar-refractivity contribution is -0.172. The molecule has 2 aliphatic rings. The van der Waals surface area contributed by atoms with Crippen LogP contribution in [0.5, 0.6) is 0 Å². The second-order valence-electron chi connectivity index (χ2n) is 10.4. The highest BCUT2D eigenvalue weighted by atomic mass is 35.5. The van der Waals surface area contributed by atoms with Crippen LogP contribution < -0.4 is 0 Å². The number of rotatable bonds is 11. The van der Waals surface area contributed by atoms with E-state index in [2.05, 4.69) is 6.58 Å². The van der Waals surface area contributed by atoms with Gasteiger partial charge in [0.25, 0.3) is 5.91 Å². The number of ether oxygens (including phenoxy) is 1. The number of halogens is 2. The number of hydrogen-bond donors (Lipinski definition) is 0. The molecule has 2 fully saturated rings. The predicted molar refractivity (Wildman–Crippen MR) is 153 cm³/mol. The minimum absolute atomic E-state index is 0.165. The highest BCUT2D eigenvalue weighted by Gasteiger charge is 2.54.